The highest BCUT2D eigenvalue weighted by Crippen LogP contribution is 2.31. The van der Waals surface area contributed by atoms with E-state index in [1.807, 2.05) is 31.2 Å². The summed E-state index contributed by atoms with van der Waals surface area (Å²) >= 11 is 3.36. The van der Waals surface area contributed by atoms with Crippen LogP contribution in [0.5, 0.6) is 0 Å². The van der Waals surface area contributed by atoms with Crippen LogP contribution in [0.15, 0.2) is 53.0 Å². The van der Waals surface area contributed by atoms with E-state index in [1.54, 1.807) is 6.07 Å². The van der Waals surface area contributed by atoms with Crippen LogP contribution in [0.3, 0.4) is 0 Å². The molecular formula is C15H13BrF3N. The summed E-state index contributed by atoms with van der Waals surface area (Å²) in [7, 11) is 0. The average molecular weight is 344 g/mol. The van der Waals surface area contributed by atoms with E-state index in [0.717, 1.165) is 16.2 Å². The van der Waals surface area contributed by atoms with E-state index in [2.05, 4.69) is 21.2 Å². The summed E-state index contributed by atoms with van der Waals surface area (Å²) in [5.41, 5.74) is 0.821. The molecule has 1 atom stereocenters. The minimum absolute atomic E-state index is 0.216. The van der Waals surface area contributed by atoms with Gasteiger partial charge in [0.15, 0.2) is 0 Å². The third-order valence-electron chi connectivity index (χ3n) is 2.92. The van der Waals surface area contributed by atoms with Gasteiger partial charge in [0, 0.05) is 16.2 Å². The average Bonchev–Trinajstić information content (AvgIpc) is 2.38. The topological polar surface area (TPSA) is 12.0 Å². The minimum Gasteiger partial charge on any atom is -0.378 e. The number of anilines is 1. The van der Waals surface area contributed by atoms with Gasteiger partial charge in [-0.3, -0.25) is 0 Å². The Hall–Kier alpha value is -1.49. The molecule has 0 saturated heterocycles. The second-order valence-electron chi connectivity index (χ2n) is 4.50. The summed E-state index contributed by atoms with van der Waals surface area (Å²) in [6.45, 7) is 1.83. The number of rotatable bonds is 3. The van der Waals surface area contributed by atoms with Gasteiger partial charge in [0.2, 0.25) is 0 Å². The molecule has 0 aliphatic rings. The first kappa shape index (κ1) is 14.9. The van der Waals surface area contributed by atoms with Crippen molar-refractivity contribution in [3.63, 3.8) is 0 Å². The lowest BCUT2D eigenvalue weighted by molar-refractivity contribution is -0.137. The summed E-state index contributed by atoms with van der Waals surface area (Å²) in [6.07, 6.45) is -4.31. The van der Waals surface area contributed by atoms with E-state index in [4.69, 9.17) is 0 Å². The molecule has 2 rings (SSSR count). The van der Waals surface area contributed by atoms with Crippen LogP contribution in [0.1, 0.15) is 24.1 Å². The van der Waals surface area contributed by atoms with Gasteiger partial charge in [-0.25, -0.2) is 0 Å². The SMILES string of the molecule is CC(Nc1cccc(Br)c1)c1cccc(C(F)(F)F)c1. The Morgan fingerprint density at radius 1 is 1.05 bits per heavy atom. The molecule has 20 heavy (non-hydrogen) atoms. The fourth-order valence-electron chi connectivity index (χ4n) is 1.90. The monoisotopic (exact) mass is 343 g/mol. The van der Waals surface area contributed by atoms with Gasteiger partial charge in [-0.15, -0.1) is 0 Å². The fourth-order valence-corrected chi connectivity index (χ4v) is 2.30. The van der Waals surface area contributed by atoms with Gasteiger partial charge in [0.1, 0.15) is 0 Å². The normalized spacial score (nSPS) is 13.1. The van der Waals surface area contributed by atoms with E-state index in [1.165, 1.54) is 12.1 Å². The Kier molecular flexibility index (Phi) is 4.38. The maximum Gasteiger partial charge on any atom is 0.416 e. The molecule has 0 fully saturated rings. The van der Waals surface area contributed by atoms with Crippen LogP contribution in [0.2, 0.25) is 0 Å². The van der Waals surface area contributed by atoms with Crippen molar-refractivity contribution in [2.75, 3.05) is 5.32 Å². The maximum atomic E-state index is 12.7. The lowest BCUT2D eigenvalue weighted by atomic mass is 10.0. The molecule has 1 unspecified atom stereocenters. The second kappa shape index (κ2) is 5.87. The van der Waals surface area contributed by atoms with Crippen molar-refractivity contribution >= 4 is 21.6 Å². The zero-order valence-electron chi connectivity index (χ0n) is 10.7. The summed E-state index contributed by atoms with van der Waals surface area (Å²) in [4.78, 5) is 0. The summed E-state index contributed by atoms with van der Waals surface area (Å²) in [5.74, 6) is 0. The third-order valence-corrected chi connectivity index (χ3v) is 3.41. The van der Waals surface area contributed by atoms with Crippen LogP contribution >= 0.6 is 15.9 Å². The Balaban J connectivity index is 2.19. The number of halogens is 4. The van der Waals surface area contributed by atoms with Crippen molar-refractivity contribution in [3.05, 3.63) is 64.1 Å². The van der Waals surface area contributed by atoms with E-state index < -0.39 is 11.7 Å². The molecule has 2 aromatic carbocycles. The predicted octanol–water partition coefficient (Wildman–Crippen LogP) is 5.64. The Bertz CT molecular complexity index is 596. The molecule has 0 amide bonds. The minimum atomic E-state index is -4.31. The van der Waals surface area contributed by atoms with Crippen LogP contribution in [-0.4, -0.2) is 0 Å². The molecule has 0 aliphatic heterocycles. The molecule has 0 radical (unpaired) electrons. The number of alkyl halides is 3. The summed E-state index contributed by atoms with van der Waals surface area (Å²) in [6, 6.07) is 12.7. The van der Waals surface area contributed by atoms with Crippen molar-refractivity contribution in [1.29, 1.82) is 0 Å². The van der Waals surface area contributed by atoms with Crippen molar-refractivity contribution in [2.24, 2.45) is 0 Å². The first-order valence-electron chi connectivity index (χ1n) is 6.05. The third kappa shape index (κ3) is 3.76. The van der Waals surface area contributed by atoms with Gasteiger partial charge in [-0.1, -0.05) is 34.1 Å². The molecule has 1 N–H and O–H groups in total. The smallest absolute Gasteiger partial charge is 0.378 e. The molecule has 0 heterocycles. The largest absolute Gasteiger partial charge is 0.416 e. The molecule has 0 bridgehead atoms. The highest BCUT2D eigenvalue weighted by atomic mass is 79.9. The van der Waals surface area contributed by atoms with Gasteiger partial charge < -0.3 is 5.32 Å². The first-order chi connectivity index (χ1) is 9.36. The van der Waals surface area contributed by atoms with Gasteiger partial charge in [0.25, 0.3) is 0 Å². The van der Waals surface area contributed by atoms with Crippen LogP contribution in [-0.2, 0) is 6.18 Å². The fraction of sp³-hybridized carbons (Fsp3) is 0.200. The van der Waals surface area contributed by atoms with Gasteiger partial charge >= 0.3 is 6.18 Å². The van der Waals surface area contributed by atoms with Gasteiger partial charge in [0.05, 0.1) is 5.56 Å². The first-order valence-corrected chi connectivity index (χ1v) is 6.85. The number of hydrogen-bond donors (Lipinski definition) is 1. The zero-order chi connectivity index (χ0) is 14.8. The second-order valence-corrected chi connectivity index (χ2v) is 5.42. The van der Waals surface area contributed by atoms with Crippen molar-refractivity contribution in [1.82, 2.24) is 0 Å². The Morgan fingerprint density at radius 2 is 1.75 bits per heavy atom. The molecule has 106 valence electrons. The summed E-state index contributed by atoms with van der Waals surface area (Å²) < 4.78 is 39.0. The van der Waals surface area contributed by atoms with E-state index >= 15 is 0 Å². The number of hydrogen-bond acceptors (Lipinski definition) is 1. The lowest BCUT2D eigenvalue weighted by Crippen LogP contribution is -2.10. The number of nitrogens with one attached hydrogen (secondary N) is 1. The van der Waals surface area contributed by atoms with Gasteiger partial charge in [-0.2, -0.15) is 13.2 Å². The van der Waals surface area contributed by atoms with Crippen LogP contribution in [0.25, 0.3) is 0 Å². The maximum absolute atomic E-state index is 12.7. The lowest BCUT2D eigenvalue weighted by Gasteiger charge is -2.17. The Labute approximate surface area is 123 Å². The Morgan fingerprint density at radius 3 is 2.40 bits per heavy atom. The van der Waals surface area contributed by atoms with E-state index in [-0.39, 0.29) is 6.04 Å². The van der Waals surface area contributed by atoms with Crippen molar-refractivity contribution in [2.45, 2.75) is 19.1 Å². The quantitative estimate of drug-likeness (QED) is 0.760. The van der Waals surface area contributed by atoms with E-state index in [9.17, 15) is 13.2 Å². The van der Waals surface area contributed by atoms with Crippen LogP contribution in [0, 0.1) is 0 Å². The molecule has 2 aromatic rings. The highest BCUT2D eigenvalue weighted by Gasteiger charge is 2.30. The van der Waals surface area contributed by atoms with Crippen LogP contribution in [0.4, 0.5) is 18.9 Å². The van der Waals surface area contributed by atoms with Crippen molar-refractivity contribution < 1.29 is 13.2 Å². The molecule has 0 saturated carbocycles. The molecule has 5 heteroatoms. The van der Waals surface area contributed by atoms with Crippen LogP contribution < -0.4 is 5.32 Å². The molecular weight excluding hydrogens is 331 g/mol. The van der Waals surface area contributed by atoms with E-state index in [0.29, 0.717) is 5.56 Å². The highest BCUT2D eigenvalue weighted by molar-refractivity contribution is 9.10. The standard InChI is InChI=1S/C15H13BrF3N/c1-10(20-14-7-3-6-13(16)9-14)11-4-2-5-12(8-11)15(17,18)19/h2-10,20H,1H3. The molecule has 0 spiro atoms. The molecule has 0 aromatic heterocycles. The zero-order valence-corrected chi connectivity index (χ0v) is 12.3. The summed E-state index contributed by atoms with van der Waals surface area (Å²) in [5, 5.41) is 3.18. The predicted molar refractivity (Wildman–Crippen MR) is 77.6 cm³/mol. The number of benzene rings is 2. The van der Waals surface area contributed by atoms with Gasteiger partial charge in [-0.05, 0) is 42.8 Å². The molecule has 0 aliphatic carbocycles. The van der Waals surface area contributed by atoms with Crippen molar-refractivity contribution in [3.8, 4) is 0 Å². The molecule has 1 nitrogen and oxygen atoms in total.